The van der Waals surface area contributed by atoms with Crippen LogP contribution >= 0.6 is 11.3 Å². The van der Waals surface area contributed by atoms with Crippen molar-refractivity contribution in [2.75, 3.05) is 11.9 Å². The van der Waals surface area contributed by atoms with E-state index < -0.39 is 11.9 Å². The Morgan fingerprint density at radius 1 is 1.13 bits per heavy atom. The summed E-state index contributed by atoms with van der Waals surface area (Å²) in [6.45, 7) is 0.514. The third kappa shape index (κ3) is 5.20. The van der Waals surface area contributed by atoms with Gasteiger partial charge in [0.25, 0.3) is 5.91 Å². The van der Waals surface area contributed by atoms with Crippen LogP contribution in [0.4, 0.5) is 5.13 Å². The topological polar surface area (TPSA) is 104 Å². The number of pyridine rings is 1. The van der Waals surface area contributed by atoms with Crippen molar-refractivity contribution in [3.63, 3.8) is 0 Å². The lowest BCUT2D eigenvalue weighted by Crippen LogP contribution is -2.39. The number of rotatable bonds is 9. The zero-order chi connectivity index (χ0) is 27.1. The highest BCUT2D eigenvalue weighted by Crippen LogP contribution is 2.41. The Balaban J connectivity index is 1.30. The lowest BCUT2D eigenvalue weighted by Gasteiger charge is -2.26. The molecule has 6 rings (SSSR count). The number of thiazole rings is 1. The van der Waals surface area contributed by atoms with Gasteiger partial charge in [-0.25, -0.2) is 4.98 Å². The number of hydrogen-bond donors (Lipinski definition) is 1. The van der Waals surface area contributed by atoms with Crippen molar-refractivity contribution in [2.24, 2.45) is 11.8 Å². The molecule has 3 aliphatic rings. The Kier molecular flexibility index (Phi) is 6.93. The second-order valence-corrected chi connectivity index (χ2v) is 11.9. The molecule has 8 nitrogen and oxygen atoms in total. The minimum absolute atomic E-state index is 0.0279. The standard InChI is InChI=1S/C30H32N4O4S/c1-33-16-25-24(29(33)38)13-20(15-31-25)22-8-4-5-9-23(22)26-17-39-30(32-26)34(21-10-11-21)28(37)19(14-27(35)36)12-18-6-2-3-7-18/h4-5,8-9,13,15,17-19,21H,2-3,6-7,10-12,14,16H2,1H3,(H,35,36). The number of fused-ring (bicyclic) bond motifs is 1. The molecular formula is C30H32N4O4S. The molecule has 1 N–H and O–H groups in total. The first kappa shape index (κ1) is 25.7. The van der Waals surface area contributed by atoms with E-state index in [1.54, 1.807) is 23.0 Å². The van der Waals surface area contributed by atoms with Gasteiger partial charge in [-0.1, -0.05) is 49.9 Å². The zero-order valence-electron chi connectivity index (χ0n) is 22.0. The number of amides is 2. The van der Waals surface area contributed by atoms with E-state index in [0.29, 0.717) is 29.6 Å². The number of hydrogen-bond acceptors (Lipinski definition) is 6. The molecule has 2 amide bonds. The molecule has 1 unspecified atom stereocenters. The Morgan fingerprint density at radius 2 is 1.87 bits per heavy atom. The molecule has 0 radical (unpaired) electrons. The first-order valence-corrected chi connectivity index (χ1v) is 14.6. The Hall–Kier alpha value is -3.59. The highest BCUT2D eigenvalue weighted by atomic mass is 32.1. The normalized spacial score (nSPS) is 17.9. The average Bonchev–Trinajstić information content (AvgIpc) is 3.29. The van der Waals surface area contributed by atoms with E-state index in [4.69, 9.17) is 4.98 Å². The largest absolute Gasteiger partial charge is 0.481 e. The summed E-state index contributed by atoms with van der Waals surface area (Å²) in [6.07, 6.45) is 8.57. The molecule has 202 valence electrons. The van der Waals surface area contributed by atoms with E-state index in [-0.39, 0.29) is 24.3 Å². The van der Waals surface area contributed by atoms with Crippen molar-refractivity contribution in [1.29, 1.82) is 0 Å². The molecule has 2 aromatic heterocycles. The second kappa shape index (κ2) is 10.5. The molecule has 1 atom stereocenters. The maximum Gasteiger partial charge on any atom is 0.304 e. The molecule has 3 heterocycles. The van der Waals surface area contributed by atoms with Gasteiger partial charge >= 0.3 is 5.97 Å². The van der Waals surface area contributed by atoms with Gasteiger partial charge in [0.05, 0.1) is 29.9 Å². The molecule has 0 spiro atoms. The maximum absolute atomic E-state index is 13.8. The van der Waals surface area contributed by atoms with Crippen LogP contribution in [0.3, 0.4) is 0 Å². The first-order chi connectivity index (χ1) is 18.9. The van der Waals surface area contributed by atoms with Crippen molar-refractivity contribution in [3.05, 3.63) is 53.2 Å². The minimum Gasteiger partial charge on any atom is -0.481 e. The fourth-order valence-electron chi connectivity index (χ4n) is 6.00. The first-order valence-electron chi connectivity index (χ1n) is 13.7. The summed E-state index contributed by atoms with van der Waals surface area (Å²) in [5.41, 5.74) is 4.82. The number of nitrogens with zero attached hydrogens (tertiary/aromatic N) is 4. The summed E-state index contributed by atoms with van der Waals surface area (Å²) in [5, 5.41) is 12.2. The minimum atomic E-state index is -0.927. The molecule has 0 saturated heterocycles. The maximum atomic E-state index is 13.8. The Morgan fingerprint density at radius 3 is 2.59 bits per heavy atom. The van der Waals surface area contributed by atoms with Gasteiger partial charge in [-0.3, -0.25) is 24.3 Å². The van der Waals surface area contributed by atoms with Crippen LogP contribution in [0.25, 0.3) is 22.4 Å². The molecule has 0 bridgehead atoms. The summed E-state index contributed by atoms with van der Waals surface area (Å²) < 4.78 is 0. The fourth-order valence-corrected chi connectivity index (χ4v) is 6.90. The van der Waals surface area contributed by atoms with Crippen LogP contribution in [0.5, 0.6) is 0 Å². The van der Waals surface area contributed by atoms with Crippen LogP contribution in [0.1, 0.15) is 67.4 Å². The van der Waals surface area contributed by atoms with E-state index in [0.717, 1.165) is 66.6 Å². The monoisotopic (exact) mass is 544 g/mol. The van der Waals surface area contributed by atoms with Crippen LogP contribution < -0.4 is 4.90 Å². The van der Waals surface area contributed by atoms with Crippen LogP contribution in [-0.2, 0) is 16.1 Å². The van der Waals surface area contributed by atoms with Gasteiger partial charge in [0.2, 0.25) is 5.91 Å². The van der Waals surface area contributed by atoms with E-state index in [9.17, 15) is 19.5 Å². The summed E-state index contributed by atoms with van der Waals surface area (Å²) in [5.74, 6) is -1.17. The zero-order valence-corrected chi connectivity index (χ0v) is 22.8. The number of carboxylic acid groups (broad SMARTS) is 1. The van der Waals surface area contributed by atoms with E-state index in [1.807, 2.05) is 35.7 Å². The summed E-state index contributed by atoms with van der Waals surface area (Å²) in [6, 6.07) is 9.87. The number of benzene rings is 1. The average molecular weight is 545 g/mol. The third-order valence-corrected chi connectivity index (χ3v) is 9.00. The van der Waals surface area contributed by atoms with Crippen LogP contribution in [0.2, 0.25) is 0 Å². The molecule has 3 aromatic rings. The van der Waals surface area contributed by atoms with Gasteiger partial charge in [0, 0.05) is 41.7 Å². The summed E-state index contributed by atoms with van der Waals surface area (Å²) in [4.78, 5) is 51.0. The summed E-state index contributed by atoms with van der Waals surface area (Å²) >= 11 is 1.42. The second-order valence-electron chi connectivity index (χ2n) is 11.1. The molecule has 2 fully saturated rings. The molecular weight excluding hydrogens is 512 g/mol. The van der Waals surface area contributed by atoms with Gasteiger partial charge in [-0.2, -0.15) is 0 Å². The van der Waals surface area contributed by atoms with Crippen LogP contribution in [0.15, 0.2) is 41.9 Å². The Bertz CT molecular complexity index is 1430. The number of anilines is 1. The van der Waals surface area contributed by atoms with Crippen LogP contribution in [0, 0.1) is 11.8 Å². The lowest BCUT2D eigenvalue weighted by molar-refractivity contribution is -0.141. The van der Waals surface area contributed by atoms with Gasteiger partial charge in [0.15, 0.2) is 5.13 Å². The third-order valence-electron chi connectivity index (χ3n) is 8.16. The molecule has 2 aliphatic carbocycles. The van der Waals surface area contributed by atoms with Crippen molar-refractivity contribution < 1.29 is 19.5 Å². The predicted molar refractivity (Wildman–Crippen MR) is 149 cm³/mol. The lowest BCUT2D eigenvalue weighted by atomic mass is 9.90. The number of carbonyl (C=O) groups excluding carboxylic acids is 2. The highest BCUT2D eigenvalue weighted by Gasteiger charge is 2.40. The van der Waals surface area contributed by atoms with E-state index in [1.165, 1.54) is 11.3 Å². The number of aromatic nitrogens is 2. The van der Waals surface area contributed by atoms with Crippen molar-refractivity contribution in [1.82, 2.24) is 14.9 Å². The van der Waals surface area contributed by atoms with Crippen LogP contribution in [-0.4, -0.2) is 50.8 Å². The van der Waals surface area contributed by atoms with Gasteiger partial charge < -0.3 is 10.0 Å². The number of carboxylic acids is 1. The smallest absolute Gasteiger partial charge is 0.304 e. The molecule has 9 heteroatoms. The van der Waals surface area contributed by atoms with Gasteiger partial charge in [-0.05, 0) is 36.8 Å². The van der Waals surface area contributed by atoms with E-state index >= 15 is 0 Å². The van der Waals surface area contributed by atoms with Crippen molar-refractivity contribution in [2.45, 2.75) is 64.0 Å². The van der Waals surface area contributed by atoms with Crippen molar-refractivity contribution in [3.8, 4) is 22.4 Å². The molecule has 1 aliphatic heterocycles. The van der Waals surface area contributed by atoms with Gasteiger partial charge in [0.1, 0.15) is 0 Å². The quantitative estimate of drug-likeness (QED) is 0.375. The fraction of sp³-hybridized carbons (Fsp3) is 0.433. The highest BCUT2D eigenvalue weighted by molar-refractivity contribution is 7.14. The summed E-state index contributed by atoms with van der Waals surface area (Å²) in [7, 11) is 1.77. The number of aliphatic carboxylic acids is 1. The van der Waals surface area contributed by atoms with E-state index in [2.05, 4.69) is 4.98 Å². The predicted octanol–water partition coefficient (Wildman–Crippen LogP) is 5.62. The van der Waals surface area contributed by atoms with Gasteiger partial charge in [-0.15, -0.1) is 11.3 Å². The number of carbonyl (C=O) groups is 3. The molecule has 39 heavy (non-hydrogen) atoms. The molecule has 1 aromatic carbocycles. The SMILES string of the molecule is CN1Cc2ncc(-c3ccccc3-c3csc(N(C(=O)C(CC(=O)O)CC4CCCC4)C4CC4)n3)cc2C1=O. The van der Waals surface area contributed by atoms with Crippen molar-refractivity contribution >= 4 is 34.3 Å². The molecule has 2 saturated carbocycles. The Labute approximate surface area is 231 Å².